The molecule has 8 heteroatoms. The molecule has 0 saturated carbocycles. The number of fused-ring (bicyclic) bond motifs is 1. The first-order chi connectivity index (χ1) is 13.3. The van der Waals surface area contributed by atoms with Crippen molar-refractivity contribution in [1.82, 2.24) is 5.32 Å². The molecule has 3 N–H and O–H groups in total. The van der Waals surface area contributed by atoms with Crippen molar-refractivity contribution in [3.05, 3.63) is 53.6 Å². The lowest BCUT2D eigenvalue weighted by molar-refractivity contribution is -0.141. The topological polar surface area (TPSA) is 116 Å². The Morgan fingerprint density at radius 1 is 1.21 bits per heavy atom. The van der Waals surface area contributed by atoms with Crippen LogP contribution in [0.15, 0.2) is 42.5 Å². The first kappa shape index (κ1) is 19.2. The fourth-order valence-electron chi connectivity index (χ4n) is 2.98. The highest BCUT2D eigenvalue weighted by Crippen LogP contribution is 2.32. The van der Waals surface area contributed by atoms with Crippen molar-refractivity contribution >= 4 is 23.5 Å². The zero-order valence-corrected chi connectivity index (χ0v) is 15.2. The number of carbonyl (C=O) groups excluding carboxylic acids is 2. The van der Waals surface area contributed by atoms with Crippen LogP contribution in [0.5, 0.6) is 11.5 Å². The van der Waals surface area contributed by atoms with Crippen molar-refractivity contribution in [3.8, 4) is 11.5 Å². The van der Waals surface area contributed by atoms with Crippen LogP contribution in [-0.4, -0.2) is 47.2 Å². The Morgan fingerprint density at radius 2 is 1.93 bits per heavy atom. The van der Waals surface area contributed by atoms with Crippen molar-refractivity contribution in [3.63, 3.8) is 0 Å². The van der Waals surface area contributed by atoms with Crippen molar-refractivity contribution in [2.75, 3.05) is 18.0 Å². The molecule has 8 nitrogen and oxygen atoms in total. The fraction of sp³-hybridized carbons (Fsp3) is 0.250. The van der Waals surface area contributed by atoms with Gasteiger partial charge in [0.25, 0.3) is 0 Å². The highest BCUT2D eigenvalue weighted by molar-refractivity contribution is 5.91. The predicted octanol–water partition coefficient (Wildman–Crippen LogP) is 1.24. The molecule has 0 radical (unpaired) electrons. The van der Waals surface area contributed by atoms with Crippen molar-refractivity contribution in [2.45, 2.75) is 19.4 Å². The molecule has 1 unspecified atom stereocenters. The van der Waals surface area contributed by atoms with Gasteiger partial charge in [-0.05, 0) is 42.3 Å². The Bertz CT molecular complexity index is 909. The Hall–Kier alpha value is -3.55. The van der Waals surface area contributed by atoms with Crippen LogP contribution in [0.4, 0.5) is 5.69 Å². The van der Waals surface area contributed by atoms with E-state index in [9.17, 15) is 24.6 Å². The summed E-state index contributed by atoms with van der Waals surface area (Å²) in [6, 6.07) is 10.3. The fourth-order valence-corrected chi connectivity index (χ4v) is 2.98. The zero-order valence-electron chi connectivity index (χ0n) is 15.2. The van der Waals surface area contributed by atoms with E-state index in [4.69, 9.17) is 4.74 Å². The minimum absolute atomic E-state index is 0.0686. The molecule has 0 bridgehead atoms. The number of esters is 1. The number of nitrogens with zero attached hydrogens (tertiary/aromatic N) is 1. The van der Waals surface area contributed by atoms with Gasteiger partial charge >= 0.3 is 11.9 Å². The van der Waals surface area contributed by atoms with Crippen LogP contribution in [0.1, 0.15) is 11.1 Å². The van der Waals surface area contributed by atoms with Crippen molar-refractivity contribution in [1.29, 1.82) is 0 Å². The lowest BCUT2D eigenvalue weighted by atomic mass is 10.1. The number of carboxylic acid groups (broad SMARTS) is 1. The number of amides is 1. The molecule has 0 aromatic heterocycles. The monoisotopic (exact) mass is 384 g/mol. The minimum Gasteiger partial charge on any atom is -0.508 e. The van der Waals surface area contributed by atoms with E-state index in [0.717, 1.165) is 5.56 Å². The van der Waals surface area contributed by atoms with Gasteiger partial charge < -0.3 is 25.2 Å². The molecule has 0 fully saturated rings. The molecule has 1 amide bonds. The second-order valence-corrected chi connectivity index (χ2v) is 6.63. The standard InChI is InChI=1S/C20H20N2O6/c1-12-2-7-16-17(8-12)28-19(25)11-22(16)10-18(24)21-15(20(26)27)9-13-3-5-14(23)6-4-13/h2-8,15,23H,9-11H2,1H3,(H,21,24)(H,26,27). The Balaban J connectivity index is 1.69. The molecule has 1 aliphatic rings. The molecule has 0 saturated heterocycles. The maximum atomic E-state index is 12.4. The van der Waals surface area contributed by atoms with E-state index in [-0.39, 0.29) is 25.3 Å². The Morgan fingerprint density at radius 3 is 2.61 bits per heavy atom. The van der Waals surface area contributed by atoms with Gasteiger partial charge in [-0.2, -0.15) is 0 Å². The zero-order chi connectivity index (χ0) is 20.3. The van der Waals surface area contributed by atoms with Crippen LogP contribution in [0.2, 0.25) is 0 Å². The quantitative estimate of drug-likeness (QED) is 0.507. The number of anilines is 1. The number of aryl methyl sites for hydroxylation is 1. The lowest BCUT2D eigenvalue weighted by Crippen LogP contribution is -2.48. The van der Waals surface area contributed by atoms with Crippen LogP contribution < -0.4 is 15.0 Å². The molecule has 0 spiro atoms. The lowest BCUT2D eigenvalue weighted by Gasteiger charge is -2.29. The van der Waals surface area contributed by atoms with Gasteiger partial charge in [0, 0.05) is 6.42 Å². The number of carbonyl (C=O) groups is 3. The molecule has 1 atom stereocenters. The van der Waals surface area contributed by atoms with Crippen LogP contribution in [0.3, 0.4) is 0 Å². The first-order valence-corrected chi connectivity index (χ1v) is 8.68. The highest BCUT2D eigenvalue weighted by atomic mass is 16.5. The molecule has 146 valence electrons. The average molecular weight is 384 g/mol. The Kier molecular flexibility index (Phi) is 5.49. The number of nitrogens with one attached hydrogen (secondary N) is 1. The third-order valence-electron chi connectivity index (χ3n) is 4.34. The number of benzene rings is 2. The molecular formula is C20H20N2O6. The molecule has 3 rings (SSSR count). The molecule has 0 aliphatic carbocycles. The number of phenols is 1. The summed E-state index contributed by atoms with van der Waals surface area (Å²) in [5, 5.41) is 21.2. The van der Waals surface area contributed by atoms with E-state index in [1.54, 1.807) is 29.2 Å². The van der Waals surface area contributed by atoms with Crippen LogP contribution in [-0.2, 0) is 20.8 Å². The van der Waals surface area contributed by atoms with Gasteiger partial charge in [-0.1, -0.05) is 18.2 Å². The van der Waals surface area contributed by atoms with E-state index in [1.165, 1.54) is 12.1 Å². The summed E-state index contributed by atoms with van der Waals surface area (Å²) < 4.78 is 5.21. The van der Waals surface area contributed by atoms with E-state index < -0.39 is 23.9 Å². The largest absolute Gasteiger partial charge is 0.508 e. The van der Waals surface area contributed by atoms with Gasteiger partial charge in [-0.25, -0.2) is 9.59 Å². The van der Waals surface area contributed by atoms with E-state index in [1.807, 2.05) is 13.0 Å². The predicted molar refractivity (Wildman–Crippen MR) is 100 cm³/mol. The third kappa shape index (κ3) is 4.59. The summed E-state index contributed by atoms with van der Waals surface area (Å²) in [7, 11) is 0. The smallest absolute Gasteiger partial charge is 0.331 e. The summed E-state index contributed by atoms with van der Waals surface area (Å²) in [6.07, 6.45) is 0.0686. The van der Waals surface area contributed by atoms with Gasteiger partial charge in [0.15, 0.2) is 5.75 Å². The first-order valence-electron chi connectivity index (χ1n) is 8.68. The maximum absolute atomic E-state index is 12.4. The number of aliphatic carboxylic acids is 1. The van der Waals surface area contributed by atoms with Crippen LogP contribution >= 0.6 is 0 Å². The van der Waals surface area contributed by atoms with Gasteiger partial charge in [0.05, 0.1) is 12.2 Å². The molecule has 1 aliphatic heterocycles. The number of phenolic OH excluding ortho intramolecular Hbond substituents is 1. The number of aromatic hydroxyl groups is 1. The molecule has 2 aromatic rings. The SMILES string of the molecule is Cc1ccc2c(c1)OC(=O)CN2CC(=O)NC(Cc1ccc(O)cc1)C(=O)O. The van der Waals surface area contributed by atoms with Gasteiger partial charge in [0.1, 0.15) is 18.3 Å². The summed E-state index contributed by atoms with van der Waals surface area (Å²) in [5.41, 5.74) is 2.18. The van der Waals surface area contributed by atoms with Gasteiger partial charge in [-0.3, -0.25) is 4.79 Å². The second-order valence-electron chi connectivity index (χ2n) is 6.63. The van der Waals surface area contributed by atoms with Gasteiger partial charge in [0.2, 0.25) is 5.91 Å². The van der Waals surface area contributed by atoms with Gasteiger partial charge in [-0.15, -0.1) is 0 Å². The third-order valence-corrected chi connectivity index (χ3v) is 4.34. The normalized spacial score (nSPS) is 14.0. The molecule has 2 aromatic carbocycles. The van der Waals surface area contributed by atoms with Crippen LogP contribution in [0, 0.1) is 6.92 Å². The second kappa shape index (κ2) is 7.99. The highest BCUT2D eigenvalue weighted by Gasteiger charge is 2.27. The van der Waals surface area contributed by atoms with E-state index >= 15 is 0 Å². The van der Waals surface area contributed by atoms with Crippen molar-refractivity contribution in [2.24, 2.45) is 0 Å². The van der Waals surface area contributed by atoms with Crippen LogP contribution in [0.25, 0.3) is 0 Å². The summed E-state index contributed by atoms with van der Waals surface area (Å²) in [5.74, 6) is -1.72. The number of rotatable bonds is 6. The number of hydrogen-bond donors (Lipinski definition) is 3. The molecule has 28 heavy (non-hydrogen) atoms. The minimum atomic E-state index is -1.17. The number of hydrogen-bond acceptors (Lipinski definition) is 6. The maximum Gasteiger partial charge on any atom is 0.331 e. The van der Waals surface area contributed by atoms with E-state index in [0.29, 0.717) is 17.0 Å². The molecular weight excluding hydrogens is 364 g/mol. The summed E-state index contributed by atoms with van der Waals surface area (Å²) >= 11 is 0. The average Bonchev–Trinajstić information content (AvgIpc) is 2.62. The summed E-state index contributed by atoms with van der Waals surface area (Å²) in [6.45, 7) is 1.59. The summed E-state index contributed by atoms with van der Waals surface area (Å²) in [4.78, 5) is 37.3. The Labute approximate surface area is 161 Å². The number of ether oxygens (including phenoxy) is 1. The van der Waals surface area contributed by atoms with E-state index in [2.05, 4.69) is 5.32 Å². The molecule has 1 heterocycles. The van der Waals surface area contributed by atoms with Crippen molar-refractivity contribution < 1.29 is 29.3 Å². The number of carboxylic acids is 1.